The summed E-state index contributed by atoms with van der Waals surface area (Å²) < 4.78 is 8.41. The zero-order chi connectivity index (χ0) is 14.4. The number of benzene rings is 1. The van der Waals surface area contributed by atoms with Gasteiger partial charge in [-0.2, -0.15) is 0 Å². The zero-order valence-electron chi connectivity index (χ0n) is 13.7. The zero-order valence-corrected chi connectivity index (χ0v) is 13.7. The lowest BCUT2D eigenvalue weighted by Crippen LogP contribution is -2.28. The predicted octanol–water partition coefficient (Wildman–Crippen LogP) is 3.98. The molecule has 0 bridgehead atoms. The van der Waals surface area contributed by atoms with Gasteiger partial charge in [0, 0.05) is 1.23 Å². The highest BCUT2D eigenvalue weighted by molar-refractivity contribution is 6.70. The molecule has 1 heteroatoms. The van der Waals surface area contributed by atoms with Crippen molar-refractivity contribution < 1.29 is 0 Å². The first-order valence-electron chi connectivity index (χ1n) is 6.98. The van der Waals surface area contributed by atoms with Gasteiger partial charge in [0.1, 0.15) is 0 Å². The molecule has 96 valence electrons. The second kappa shape index (κ2) is 4.60. The second-order valence-corrected chi connectivity index (χ2v) is 9.88. The third-order valence-electron chi connectivity index (χ3n) is 3.24. The van der Waals surface area contributed by atoms with Gasteiger partial charge in [0.15, 0.2) is 0 Å². The molecule has 0 amide bonds. The van der Waals surface area contributed by atoms with E-state index in [-0.39, 0.29) is 10.8 Å². The molecule has 0 nitrogen and oxygen atoms in total. The standard InChI is InChI=1S/C16H28Si/c1-15(2,3)12-9-13(16(4,5)6)11-14(10-12)17(7)8/h9-11,17H,1-8H3/i17D. The lowest BCUT2D eigenvalue weighted by atomic mass is 9.81. The van der Waals surface area contributed by atoms with E-state index in [1.165, 1.54) is 16.3 Å². The van der Waals surface area contributed by atoms with Crippen molar-refractivity contribution in [1.82, 2.24) is 0 Å². The van der Waals surface area contributed by atoms with E-state index < -0.39 is 8.73 Å². The van der Waals surface area contributed by atoms with Crippen LogP contribution < -0.4 is 5.19 Å². The van der Waals surface area contributed by atoms with Crippen molar-refractivity contribution in [3.63, 3.8) is 0 Å². The highest BCUT2D eigenvalue weighted by Gasteiger charge is 2.21. The molecular weight excluding hydrogens is 220 g/mol. The van der Waals surface area contributed by atoms with Crippen molar-refractivity contribution in [1.29, 1.82) is 1.23 Å². The van der Waals surface area contributed by atoms with Crippen LogP contribution in [0.25, 0.3) is 0 Å². The summed E-state index contributed by atoms with van der Waals surface area (Å²) in [6.07, 6.45) is 0. The molecule has 0 aliphatic heterocycles. The summed E-state index contributed by atoms with van der Waals surface area (Å²) in [5.74, 6) is 0. The van der Waals surface area contributed by atoms with Crippen LogP contribution in [-0.2, 0) is 10.8 Å². The summed E-state index contributed by atoms with van der Waals surface area (Å²) in [6, 6.07) is 6.84. The predicted molar refractivity (Wildman–Crippen MR) is 82.4 cm³/mol. The van der Waals surface area contributed by atoms with Crippen LogP contribution in [0.4, 0.5) is 0 Å². The van der Waals surface area contributed by atoms with Crippen molar-refractivity contribution in [3.05, 3.63) is 29.3 Å². The van der Waals surface area contributed by atoms with Crippen LogP contribution in [0.15, 0.2) is 18.2 Å². The second-order valence-electron chi connectivity index (χ2n) is 7.30. The Morgan fingerprint density at radius 3 is 1.41 bits per heavy atom. The van der Waals surface area contributed by atoms with Gasteiger partial charge >= 0.3 is 0 Å². The maximum absolute atomic E-state index is 8.41. The quantitative estimate of drug-likeness (QED) is 0.661. The van der Waals surface area contributed by atoms with E-state index in [2.05, 4.69) is 72.8 Å². The number of rotatable bonds is 1. The average Bonchev–Trinajstić information content (AvgIpc) is 2.13. The summed E-state index contributed by atoms with van der Waals surface area (Å²) in [4.78, 5) is 0. The first-order valence-corrected chi connectivity index (χ1v) is 8.98. The Balaban J connectivity index is 3.49. The highest BCUT2D eigenvalue weighted by atomic mass is 28.3. The molecule has 1 aromatic rings. The first kappa shape index (κ1) is 12.9. The molecule has 0 aromatic heterocycles. The number of hydrogen-bond donors (Lipinski definition) is 0. The summed E-state index contributed by atoms with van der Waals surface area (Å²) in [6.45, 7) is 17.7. The average molecular weight is 249 g/mol. The molecule has 0 heterocycles. The molecular formula is C16H28Si. The molecule has 1 aromatic carbocycles. The normalized spacial score (nSPS) is 14.7. The minimum Gasteiger partial charge on any atom is -0.0682 e. The molecule has 0 spiro atoms. The Kier molecular flexibility index (Phi) is 3.49. The molecule has 0 fully saturated rings. The Morgan fingerprint density at radius 2 is 1.18 bits per heavy atom. The summed E-state index contributed by atoms with van der Waals surface area (Å²) in [5.41, 5.74) is 3.02. The third kappa shape index (κ3) is 3.70. The van der Waals surface area contributed by atoms with Crippen LogP contribution in [0.5, 0.6) is 0 Å². The van der Waals surface area contributed by atoms with Crippen LogP contribution in [-0.4, -0.2) is 9.96 Å². The Hall–Kier alpha value is -0.563. The van der Waals surface area contributed by atoms with Crippen molar-refractivity contribution >= 4 is 13.9 Å². The highest BCUT2D eigenvalue weighted by Crippen LogP contribution is 2.28. The monoisotopic (exact) mass is 249 g/mol. The molecule has 17 heavy (non-hydrogen) atoms. The molecule has 0 aliphatic carbocycles. The van der Waals surface area contributed by atoms with Crippen molar-refractivity contribution in [2.24, 2.45) is 0 Å². The summed E-state index contributed by atoms with van der Waals surface area (Å²) >= 11 is 0. The minimum absolute atomic E-state index is 0.148. The van der Waals surface area contributed by atoms with Gasteiger partial charge < -0.3 is 0 Å². The molecule has 0 atom stereocenters. The minimum atomic E-state index is -2.00. The topological polar surface area (TPSA) is 0 Å². The van der Waals surface area contributed by atoms with Crippen molar-refractivity contribution in [3.8, 4) is 0 Å². The fraction of sp³-hybridized carbons (Fsp3) is 0.625. The van der Waals surface area contributed by atoms with Crippen LogP contribution in [0.2, 0.25) is 13.1 Å². The SMILES string of the molecule is [2H][Si](C)(C)c1cc(C(C)(C)C)cc(C(C)(C)C)c1. The smallest absolute Gasteiger partial charge is 0.0647 e. The van der Waals surface area contributed by atoms with Gasteiger partial charge in [0.2, 0.25) is 0 Å². The molecule has 0 aliphatic rings. The lowest BCUT2D eigenvalue weighted by Gasteiger charge is -2.26. The van der Waals surface area contributed by atoms with Gasteiger partial charge in [-0.25, -0.2) is 0 Å². The van der Waals surface area contributed by atoms with E-state index in [9.17, 15) is 0 Å². The fourth-order valence-corrected chi connectivity index (χ4v) is 2.67. The third-order valence-corrected chi connectivity index (χ3v) is 4.69. The molecule has 0 saturated carbocycles. The maximum Gasteiger partial charge on any atom is 0.0647 e. The Bertz CT molecular complexity index is 349. The molecule has 1 rings (SSSR count). The Morgan fingerprint density at radius 1 is 0.824 bits per heavy atom. The summed E-state index contributed by atoms with van der Waals surface area (Å²) in [5, 5.41) is 1.25. The van der Waals surface area contributed by atoms with Gasteiger partial charge in [0.05, 0.1) is 8.73 Å². The van der Waals surface area contributed by atoms with Crippen molar-refractivity contribution in [2.45, 2.75) is 65.5 Å². The van der Waals surface area contributed by atoms with Gasteiger partial charge in [-0.05, 0) is 22.0 Å². The van der Waals surface area contributed by atoms with Gasteiger partial charge in [-0.15, -0.1) is 0 Å². The maximum atomic E-state index is 8.41. The van der Waals surface area contributed by atoms with Gasteiger partial charge in [-0.3, -0.25) is 0 Å². The van der Waals surface area contributed by atoms with E-state index in [0.717, 1.165) is 0 Å². The lowest BCUT2D eigenvalue weighted by molar-refractivity contribution is 0.569. The number of hydrogen-bond acceptors (Lipinski definition) is 0. The molecule has 0 radical (unpaired) electrons. The van der Waals surface area contributed by atoms with Crippen LogP contribution in [0.1, 0.15) is 52.7 Å². The molecule has 0 saturated heterocycles. The summed E-state index contributed by atoms with van der Waals surface area (Å²) in [7, 11) is -2.00. The van der Waals surface area contributed by atoms with Gasteiger partial charge in [-0.1, -0.05) is 78.0 Å². The first-order chi connectivity index (χ1) is 7.82. The van der Waals surface area contributed by atoms with Gasteiger partial charge in [0.25, 0.3) is 0 Å². The van der Waals surface area contributed by atoms with Crippen molar-refractivity contribution in [2.75, 3.05) is 0 Å². The van der Waals surface area contributed by atoms with Crippen LogP contribution in [0, 0.1) is 0 Å². The van der Waals surface area contributed by atoms with Crippen LogP contribution in [0.3, 0.4) is 0 Å². The fourth-order valence-electron chi connectivity index (χ4n) is 1.78. The van der Waals surface area contributed by atoms with Crippen LogP contribution >= 0.6 is 0 Å². The largest absolute Gasteiger partial charge is 0.0682 e. The van der Waals surface area contributed by atoms with E-state index in [0.29, 0.717) is 0 Å². The Labute approximate surface area is 110 Å². The van der Waals surface area contributed by atoms with E-state index >= 15 is 0 Å². The van der Waals surface area contributed by atoms with E-state index in [1.807, 2.05) is 0 Å². The molecule has 0 N–H and O–H groups in total. The van der Waals surface area contributed by atoms with E-state index in [1.54, 1.807) is 0 Å². The molecule has 0 unspecified atom stereocenters. The van der Waals surface area contributed by atoms with E-state index in [4.69, 9.17) is 1.23 Å².